The lowest BCUT2D eigenvalue weighted by Gasteiger charge is -2.13. The van der Waals surface area contributed by atoms with Crippen molar-refractivity contribution in [1.82, 2.24) is 0 Å². The van der Waals surface area contributed by atoms with Gasteiger partial charge in [0.2, 0.25) is 0 Å². The second-order valence-electron chi connectivity index (χ2n) is 4.04. The number of anilines is 2. The highest BCUT2D eigenvalue weighted by atomic mass is 79.9. The quantitative estimate of drug-likeness (QED) is 0.509. The SMILES string of the molecule is Nc1cc(Br)c(NS(=O)(=O)c2cc(Br)ccc2Br)c(Br)c1. The second-order valence-corrected chi connectivity index (χ2v) is 9.17. The van der Waals surface area contributed by atoms with E-state index in [1.165, 1.54) is 6.07 Å². The first-order valence-electron chi connectivity index (χ1n) is 5.43. The van der Waals surface area contributed by atoms with Gasteiger partial charge >= 0.3 is 0 Å². The summed E-state index contributed by atoms with van der Waals surface area (Å²) in [6.45, 7) is 0. The number of hydrogen-bond acceptors (Lipinski definition) is 3. The third-order valence-corrected chi connectivity index (χ3v) is 6.57. The van der Waals surface area contributed by atoms with Crippen LogP contribution in [0.25, 0.3) is 0 Å². The molecule has 0 unspecified atom stereocenters. The predicted molar refractivity (Wildman–Crippen MR) is 98.9 cm³/mol. The molecule has 0 atom stereocenters. The fourth-order valence-corrected chi connectivity index (χ4v) is 5.85. The van der Waals surface area contributed by atoms with Gasteiger partial charge in [-0.3, -0.25) is 4.72 Å². The van der Waals surface area contributed by atoms with E-state index < -0.39 is 10.0 Å². The first-order valence-corrected chi connectivity index (χ1v) is 10.1. The van der Waals surface area contributed by atoms with Crippen LogP contribution in [-0.2, 0) is 10.0 Å². The van der Waals surface area contributed by atoms with Gasteiger partial charge in [-0.1, -0.05) is 15.9 Å². The number of hydrogen-bond donors (Lipinski definition) is 2. The van der Waals surface area contributed by atoms with Crippen LogP contribution in [0.2, 0.25) is 0 Å². The summed E-state index contributed by atoms with van der Waals surface area (Å²) in [5.41, 5.74) is 6.60. The Morgan fingerprint density at radius 2 is 1.48 bits per heavy atom. The number of nitrogen functional groups attached to an aromatic ring is 1. The number of sulfonamides is 1. The highest BCUT2D eigenvalue weighted by molar-refractivity contribution is 9.11. The van der Waals surface area contributed by atoms with Crippen LogP contribution >= 0.6 is 63.7 Å². The monoisotopic (exact) mass is 560 g/mol. The molecule has 0 bridgehead atoms. The molecule has 0 fully saturated rings. The Hall–Kier alpha value is -0.0900. The van der Waals surface area contributed by atoms with Crippen LogP contribution in [0.3, 0.4) is 0 Å². The van der Waals surface area contributed by atoms with Crippen LogP contribution < -0.4 is 10.5 Å². The van der Waals surface area contributed by atoms with Gasteiger partial charge in [0.25, 0.3) is 10.0 Å². The molecule has 112 valence electrons. The van der Waals surface area contributed by atoms with Crippen LogP contribution in [0.5, 0.6) is 0 Å². The number of benzene rings is 2. The summed E-state index contributed by atoms with van der Waals surface area (Å²) in [6.07, 6.45) is 0. The first kappa shape index (κ1) is 17.3. The molecule has 0 heterocycles. The van der Waals surface area contributed by atoms with Gasteiger partial charge in [0.1, 0.15) is 4.90 Å². The third-order valence-electron chi connectivity index (χ3n) is 2.48. The van der Waals surface area contributed by atoms with E-state index in [1.54, 1.807) is 24.3 Å². The van der Waals surface area contributed by atoms with Gasteiger partial charge in [-0.2, -0.15) is 0 Å². The van der Waals surface area contributed by atoms with Crippen LogP contribution in [0.4, 0.5) is 11.4 Å². The van der Waals surface area contributed by atoms with E-state index in [9.17, 15) is 8.42 Å². The summed E-state index contributed by atoms with van der Waals surface area (Å²) in [5, 5.41) is 0. The second kappa shape index (κ2) is 6.57. The smallest absolute Gasteiger partial charge is 0.263 e. The molecule has 21 heavy (non-hydrogen) atoms. The minimum absolute atomic E-state index is 0.132. The summed E-state index contributed by atoms with van der Waals surface area (Å²) in [4.78, 5) is 0.132. The summed E-state index contributed by atoms with van der Waals surface area (Å²) in [5.74, 6) is 0. The molecule has 4 nitrogen and oxygen atoms in total. The highest BCUT2D eigenvalue weighted by Crippen LogP contribution is 2.36. The van der Waals surface area contributed by atoms with Crippen molar-refractivity contribution in [2.24, 2.45) is 0 Å². The molecule has 0 saturated carbocycles. The topological polar surface area (TPSA) is 72.2 Å². The van der Waals surface area contributed by atoms with Crippen LogP contribution in [0.15, 0.2) is 53.1 Å². The van der Waals surface area contributed by atoms with E-state index in [0.717, 1.165) is 0 Å². The maximum absolute atomic E-state index is 12.5. The summed E-state index contributed by atoms with van der Waals surface area (Å²) >= 11 is 13.1. The van der Waals surface area contributed by atoms with Crippen molar-refractivity contribution >= 4 is 85.1 Å². The third kappa shape index (κ3) is 4.01. The van der Waals surface area contributed by atoms with Gasteiger partial charge in [0, 0.05) is 23.6 Å². The molecule has 9 heteroatoms. The molecule has 0 aliphatic heterocycles. The largest absolute Gasteiger partial charge is 0.399 e. The minimum atomic E-state index is -3.75. The Labute approximate surface area is 156 Å². The summed E-state index contributed by atoms with van der Waals surface area (Å²) < 4.78 is 29.8. The van der Waals surface area contributed by atoms with Crippen molar-refractivity contribution in [2.75, 3.05) is 10.5 Å². The normalized spacial score (nSPS) is 11.4. The zero-order chi connectivity index (χ0) is 15.8. The lowest BCUT2D eigenvalue weighted by Crippen LogP contribution is -2.14. The van der Waals surface area contributed by atoms with Gasteiger partial charge < -0.3 is 5.73 Å². The number of rotatable bonds is 3. The first-order chi connectivity index (χ1) is 9.70. The Morgan fingerprint density at radius 3 is 2.05 bits per heavy atom. The standard InChI is InChI=1S/C12H8Br4N2O2S/c13-6-1-2-8(14)11(3-6)21(19,20)18-12-9(15)4-7(17)5-10(12)16/h1-5,18H,17H2. The molecule has 2 aromatic rings. The Bertz CT molecular complexity index is 786. The summed E-state index contributed by atoms with van der Waals surface area (Å²) in [7, 11) is -3.75. The Kier molecular flexibility index (Phi) is 5.40. The molecule has 0 aliphatic rings. The zero-order valence-corrected chi connectivity index (χ0v) is 17.4. The predicted octanol–water partition coefficient (Wildman–Crippen LogP) is 5.12. The zero-order valence-electron chi connectivity index (χ0n) is 10.2. The fraction of sp³-hybridized carbons (Fsp3) is 0. The van der Waals surface area contributed by atoms with Gasteiger partial charge in [-0.15, -0.1) is 0 Å². The van der Waals surface area contributed by atoms with Crippen LogP contribution in [-0.4, -0.2) is 8.42 Å². The van der Waals surface area contributed by atoms with Crippen molar-refractivity contribution < 1.29 is 8.42 Å². The average Bonchev–Trinajstić information content (AvgIpc) is 2.36. The summed E-state index contributed by atoms with van der Waals surface area (Å²) in [6, 6.07) is 8.17. The lowest BCUT2D eigenvalue weighted by molar-refractivity contribution is 0.600. The molecule has 0 spiro atoms. The maximum atomic E-state index is 12.5. The number of halogens is 4. The highest BCUT2D eigenvalue weighted by Gasteiger charge is 2.21. The van der Waals surface area contributed by atoms with Gasteiger partial charge in [-0.25, -0.2) is 8.42 Å². The van der Waals surface area contributed by atoms with E-state index in [-0.39, 0.29) is 4.90 Å². The van der Waals surface area contributed by atoms with E-state index in [0.29, 0.717) is 29.3 Å². The molecular formula is C12H8Br4N2O2S. The van der Waals surface area contributed by atoms with E-state index in [2.05, 4.69) is 68.4 Å². The molecule has 3 N–H and O–H groups in total. The molecular weight excluding hydrogens is 556 g/mol. The van der Waals surface area contributed by atoms with E-state index in [4.69, 9.17) is 5.73 Å². The molecule has 0 aromatic heterocycles. The van der Waals surface area contributed by atoms with Crippen molar-refractivity contribution in [3.63, 3.8) is 0 Å². The molecule has 0 amide bonds. The van der Waals surface area contributed by atoms with Crippen molar-refractivity contribution in [2.45, 2.75) is 4.90 Å². The number of nitrogens with one attached hydrogen (secondary N) is 1. The van der Waals surface area contributed by atoms with Crippen LogP contribution in [0, 0.1) is 0 Å². The van der Waals surface area contributed by atoms with Crippen molar-refractivity contribution in [1.29, 1.82) is 0 Å². The minimum Gasteiger partial charge on any atom is -0.399 e. The average molecular weight is 564 g/mol. The molecule has 2 aromatic carbocycles. The fourth-order valence-electron chi connectivity index (χ4n) is 1.56. The lowest BCUT2D eigenvalue weighted by atomic mass is 10.3. The Balaban J connectivity index is 2.50. The van der Waals surface area contributed by atoms with E-state index >= 15 is 0 Å². The Morgan fingerprint density at radius 1 is 0.905 bits per heavy atom. The van der Waals surface area contributed by atoms with Gasteiger partial charge in [0.15, 0.2) is 0 Å². The van der Waals surface area contributed by atoms with Crippen LogP contribution in [0.1, 0.15) is 0 Å². The number of nitrogens with two attached hydrogens (primary N) is 1. The van der Waals surface area contributed by atoms with Gasteiger partial charge in [-0.05, 0) is 78.1 Å². The van der Waals surface area contributed by atoms with E-state index in [1.807, 2.05) is 0 Å². The maximum Gasteiger partial charge on any atom is 0.263 e. The molecule has 0 saturated heterocycles. The van der Waals surface area contributed by atoms with Gasteiger partial charge in [0.05, 0.1) is 5.69 Å². The van der Waals surface area contributed by atoms with Crippen molar-refractivity contribution in [3.8, 4) is 0 Å². The molecule has 2 rings (SSSR count). The molecule has 0 radical (unpaired) electrons. The van der Waals surface area contributed by atoms with Crippen molar-refractivity contribution in [3.05, 3.63) is 48.2 Å². The molecule has 0 aliphatic carbocycles.